The maximum absolute atomic E-state index is 13.2. The number of fused-ring (bicyclic) bond motifs is 1. The largest absolute Gasteiger partial charge is 0.449 e. The van der Waals surface area contributed by atoms with E-state index in [1.807, 2.05) is 0 Å². The first-order valence-electron chi connectivity index (χ1n) is 6.66. The van der Waals surface area contributed by atoms with Gasteiger partial charge in [0.15, 0.2) is 11.5 Å². The lowest BCUT2D eigenvalue weighted by Gasteiger charge is -2.16. The smallest absolute Gasteiger partial charge is 0.261 e. The molecule has 0 fully saturated rings. The Morgan fingerprint density at radius 3 is 2.48 bits per heavy atom. The number of hydrogen-bond donors (Lipinski definition) is 1. The van der Waals surface area contributed by atoms with E-state index in [1.54, 1.807) is 26.0 Å². The summed E-state index contributed by atoms with van der Waals surface area (Å²) in [6.07, 6.45) is 0. The summed E-state index contributed by atoms with van der Waals surface area (Å²) in [6.45, 7) is 3.49. The second-order valence-electron chi connectivity index (χ2n) is 5.45. The molecule has 0 radical (unpaired) electrons. The molecule has 0 aliphatic carbocycles. The molecule has 0 atom stereocenters. The van der Waals surface area contributed by atoms with Gasteiger partial charge in [0.05, 0.1) is 15.6 Å². The predicted molar refractivity (Wildman–Crippen MR) is 84.0 cm³/mol. The monoisotopic (exact) mass is 357 g/mol. The molecule has 3 rings (SSSR count). The minimum atomic E-state index is -3.90. The van der Waals surface area contributed by atoms with Gasteiger partial charge in [-0.05, 0) is 30.3 Å². The van der Waals surface area contributed by atoms with Crippen LogP contribution in [0, 0.1) is 5.82 Å². The van der Waals surface area contributed by atoms with Crippen LogP contribution in [0.4, 0.5) is 10.1 Å². The van der Waals surface area contributed by atoms with Crippen molar-refractivity contribution in [3.05, 3.63) is 47.2 Å². The second-order valence-corrected chi connectivity index (χ2v) is 7.54. The van der Waals surface area contributed by atoms with E-state index in [9.17, 15) is 12.8 Å². The van der Waals surface area contributed by atoms with Gasteiger partial charge in [-0.3, -0.25) is 4.72 Å². The lowest BCUT2D eigenvalue weighted by Crippen LogP contribution is -2.29. The molecule has 0 amide bonds. The zero-order valence-corrected chi connectivity index (χ0v) is 13.8. The number of benzene rings is 2. The van der Waals surface area contributed by atoms with Gasteiger partial charge in [0.1, 0.15) is 5.82 Å². The van der Waals surface area contributed by atoms with Crippen LogP contribution in [0.15, 0.2) is 41.3 Å². The average molecular weight is 358 g/mol. The molecular formula is C15H13ClFNO4S. The van der Waals surface area contributed by atoms with Crippen LogP contribution >= 0.6 is 11.6 Å². The molecule has 0 saturated heterocycles. The van der Waals surface area contributed by atoms with Crippen LogP contribution in [0.25, 0.3) is 0 Å². The Kier molecular flexibility index (Phi) is 3.65. The molecule has 23 heavy (non-hydrogen) atoms. The van der Waals surface area contributed by atoms with E-state index in [-0.39, 0.29) is 9.92 Å². The molecule has 5 nitrogen and oxygen atoms in total. The molecule has 0 saturated carbocycles. The fraction of sp³-hybridized carbons (Fsp3) is 0.200. The van der Waals surface area contributed by atoms with Gasteiger partial charge in [0, 0.05) is 19.9 Å². The molecule has 122 valence electrons. The summed E-state index contributed by atoms with van der Waals surface area (Å²) in [5.41, 5.74) is 0.297. The zero-order chi connectivity index (χ0) is 16.8. The Morgan fingerprint density at radius 1 is 1.09 bits per heavy atom. The standard InChI is InChI=1S/C15H13ClFNO4S/c1-15(2)21-13-6-3-9(7-14(13)22-15)18-23(19,20)10-4-5-12(17)11(16)8-10/h3-8,18H,1-2H3. The van der Waals surface area contributed by atoms with Gasteiger partial charge in [0.25, 0.3) is 10.0 Å². The number of ether oxygens (including phenoxy) is 2. The van der Waals surface area contributed by atoms with Crippen molar-refractivity contribution in [2.24, 2.45) is 0 Å². The SMILES string of the molecule is CC1(C)Oc2ccc(NS(=O)(=O)c3ccc(F)c(Cl)c3)cc2O1. The van der Waals surface area contributed by atoms with Crippen LogP contribution in [0.5, 0.6) is 11.5 Å². The first kappa shape index (κ1) is 15.9. The Hall–Kier alpha value is -1.99. The van der Waals surface area contributed by atoms with Crippen molar-refractivity contribution in [3.8, 4) is 11.5 Å². The highest BCUT2D eigenvalue weighted by atomic mass is 35.5. The Bertz CT molecular complexity index is 883. The van der Waals surface area contributed by atoms with Gasteiger partial charge >= 0.3 is 0 Å². The molecule has 2 aromatic carbocycles. The molecule has 8 heteroatoms. The molecule has 1 aliphatic heterocycles. The third kappa shape index (κ3) is 3.20. The van der Waals surface area contributed by atoms with Crippen molar-refractivity contribution in [3.63, 3.8) is 0 Å². The molecule has 1 N–H and O–H groups in total. The highest BCUT2D eigenvalue weighted by Gasteiger charge is 2.32. The maximum atomic E-state index is 13.2. The van der Waals surface area contributed by atoms with Crippen molar-refractivity contribution in [1.29, 1.82) is 0 Å². The normalized spacial score (nSPS) is 15.5. The number of rotatable bonds is 3. The number of anilines is 1. The van der Waals surface area contributed by atoms with E-state index in [1.165, 1.54) is 6.07 Å². The van der Waals surface area contributed by atoms with E-state index in [2.05, 4.69) is 4.72 Å². The summed E-state index contributed by atoms with van der Waals surface area (Å²) in [5.74, 6) is -0.518. The van der Waals surface area contributed by atoms with Crippen LogP contribution < -0.4 is 14.2 Å². The zero-order valence-electron chi connectivity index (χ0n) is 12.3. The van der Waals surface area contributed by atoms with Gasteiger partial charge in [-0.15, -0.1) is 0 Å². The lowest BCUT2D eigenvalue weighted by atomic mass is 10.3. The van der Waals surface area contributed by atoms with Crippen molar-refractivity contribution in [2.75, 3.05) is 4.72 Å². The van der Waals surface area contributed by atoms with Crippen LogP contribution in [0.2, 0.25) is 5.02 Å². The quantitative estimate of drug-likeness (QED) is 0.907. The number of hydrogen-bond acceptors (Lipinski definition) is 4. The minimum absolute atomic E-state index is 0.137. The Labute approximate surface area is 138 Å². The van der Waals surface area contributed by atoms with Crippen molar-refractivity contribution in [2.45, 2.75) is 24.5 Å². The summed E-state index contributed by atoms with van der Waals surface area (Å²) in [4.78, 5) is -0.137. The molecular weight excluding hydrogens is 345 g/mol. The summed E-state index contributed by atoms with van der Waals surface area (Å²) >= 11 is 5.63. The summed E-state index contributed by atoms with van der Waals surface area (Å²) in [6, 6.07) is 7.87. The molecule has 1 heterocycles. The summed E-state index contributed by atoms with van der Waals surface area (Å²) in [7, 11) is -3.90. The van der Waals surface area contributed by atoms with E-state index in [0.717, 1.165) is 18.2 Å². The second kappa shape index (κ2) is 5.28. The van der Waals surface area contributed by atoms with Gasteiger partial charge in [-0.2, -0.15) is 0 Å². The van der Waals surface area contributed by atoms with Crippen LogP contribution in [0.3, 0.4) is 0 Å². The van der Waals surface area contributed by atoms with Crippen LogP contribution in [-0.4, -0.2) is 14.2 Å². The number of sulfonamides is 1. The predicted octanol–water partition coefficient (Wildman–Crippen LogP) is 3.79. The fourth-order valence-corrected chi connectivity index (χ4v) is 3.46. The summed E-state index contributed by atoms with van der Waals surface area (Å²) < 4.78 is 51.3. The average Bonchev–Trinajstić information content (AvgIpc) is 2.74. The van der Waals surface area contributed by atoms with E-state index >= 15 is 0 Å². The minimum Gasteiger partial charge on any atom is -0.449 e. The molecule has 0 bridgehead atoms. The molecule has 1 aliphatic rings. The Morgan fingerprint density at radius 2 is 1.78 bits per heavy atom. The fourth-order valence-electron chi connectivity index (χ4n) is 2.14. The highest BCUT2D eigenvalue weighted by Crippen LogP contribution is 2.41. The third-order valence-electron chi connectivity index (χ3n) is 3.11. The van der Waals surface area contributed by atoms with Crippen LogP contribution in [-0.2, 0) is 10.0 Å². The third-order valence-corrected chi connectivity index (χ3v) is 4.78. The topological polar surface area (TPSA) is 64.6 Å². The van der Waals surface area contributed by atoms with Crippen molar-refractivity contribution < 1.29 is 22.3 Å². The van der Waals surface area contributed by atoms with Crippen LogP contribution in [0.1, 0.15) is 13.8 Å². The van der Waals surface area contributed by atoms with Gasteiger partial charge in [0.2, 0.25) is 5.79 Å². The van der Waals surface area contributed by atoms with E-state index in [4.69, 9.17) is 21.1 Å². The Balaban J connectivity index is 1.88. The first-order chi connectivity index (χ1) is 10.7. The molecule has 2 aromatic rings. The molecule has 0 unspecified atom stereocenters. The summed E-state index contributed by atoms with van der Waals surface area (Å²) in [5, 5.41) is -0.264. The lowest BCUT2D eigenvalue weighted by molar-refractivity contribution is -0.0431. The van der Waals surface area contributed by atoms with E-state index < -0.39 is 21.6 Å². The van der Waals surface area contributed by atoms with E-state index in [0.29, 0.717) is 17.2 Å². The highest BCUT2D eigenvalue weighted by molar-refractivity contribution is 7.92. The first-order valence-corrected chi connectivity index (χ1v) is 8.52. The van der Waals surface area contributed by atoms with Crippen molar-refractivity contribution >= 4 is 27.3 Å². The maximum Gasteiger partial charge on any atom is 0.261 e. The van der Waals surface area contributed by atoms with Gasteiger partial charge in [-0.25, -0.2) is 12.8 Å². The molecule has 0 aromatic heterocycles. The number of nitrogens with one attached hydrogen (secondary N) is 1. The molecule has 0 spiro atoms. The number of halogens is 2. The van der Waals surface area contributed by atoms with Crippen molar-refractivity contribution in [1.82, 2.24) is 0 Å². The van der Waals surface area contributed by atoms with Gasteiger partial charge in [-0.1, -0.05) is 11.6 Å². The van der Waals surface area contributed by atoms with Gasteiger partial charge < -0.3 is 9.47 Å².